The van der Waals surface area contributed by atoms with Gasteiger partial charge in [0, 0.05) is 30.4 Å². The number of carbonyl (C=O) groups excluding carboxylic acids is 2. The van der Waals surface area contributed by atoms with Crippen molar-refractivity contribution in [3.63, 3.8) is 0 Å². The van der Waals surface area contributed by atoms with Crippen LogP contribution in [-0.4, -0.2) is 49.2 Å². The Labute approximate surface area is 199 Å². The minimum atomic E-state index is -0.751. The summed E-state index contributed by atoms with van der Waals surface area (Å²) in [5.74, 6) is -0.577. The summed E-state index contributed by atoms with van der Waals surface area (Å²) in [6, 6.07) is 4.50. The molecule has 0 saturated heterocycles. The van der Waals surface area contributed by atoms with Gasteiger partial charge in [0.2, 0.25) is 11.8 Å². The summed E-state index contributed by atoms with van der Waals surface area (Å²) in [4.78, 5) is 40.6. The van der Waals surface area contributed by atoms with Gasteiger partial charge in [-0.2, -0.15) is 0 Å². The Morgan fingerprint density at radius 2 is 1.94 bits per heavy atom. The second-order valence-corrected chi connectivity index (χ2v) is 9.66. The Hall–Kier alpha value is -3.20. The van der Waals surface area contributed by atoms with Crippen molar-refractivity contribution >= 4 is 17.5 Å². The predicted molar refractivity (Wildman–Crippen MR) is 129 cm³/mol. The van der Waals surface area contributed by atoms with E-state index in [1.54, 1.807) is 31.1 Å². The molecule has 0 aliphatic carbocycles. The number of halogens is 1. The van der Waals surface area contributed by atoms with Crippen LogP contribution in [0.15, 0.2) is 35.3 Å². The van der Waals surface area contributed by atoms with Crippen molar-refractivity contribution in [3.8, 4) is 5.75 Å². The van der Waals surface area contributed by atoms with Crippen LogP contribution in [0.2, 0.25) is 0 Å². The molecule has 0 saturated carbocycles. The van der Waals surface area contributed by atoms with Gasteiger partial charge in [0.25, 0.3) is 5.56 Å². The zero-order valence-electron chi connectivity index (χ0n) is 20.6. The van der Waals surface area contributed by atoms with Gasteiger partial charge in [0.05, 0.1) is 25.4 Å². The number of aromatic nitrogens is 1. The highest BCUT2D eigenvalue weighted by Gasteiger charge is 2.39. The number of ether oxygens (including phenoxy) is 1. The maximum absolute atomic E-state index is 13.6. The standard InChI is InChI=1S/C25H33FN4O4/c1-15(27-5)23(32)28-22(25(2,3)4)24(33)30-10-9-16-11-21(31)29(14-19(16)30)13-17-7-8-18(26)12-20(17)34-6/h7-8,11-12,14-15,22,27H,9-10,13H2,1-6H3,(H,28,32)/t15-,22+/m0/s1. The fourth-order valence-electron chi connectivity index (χ4n) is 3.98. The molecule has 3 rings (SSSR count). The number of methoxy groups -OCH3 is 1. The van der Waals surface area contributed by atoms with Gasteiger partial charge in [-0.15, -0.1) is 0 Å². The molecule has 34 heavy (non-hydrogen) atoms. The Kier molecular flexibility index (Phi) is 7.45. The monoisotopic (exact) mass is 472 g/mol. The molecule has 2 amide bonds. The highest BCUT2D eigenvalue weighted by molar-refractivity contribution is 6.01. The number of rotatable bonds is 7. The number of fused-ring (bicyclic) bond motifs is 1. The third-order valence-corrected chi connectivity index (χ3v) is 6.17. The fourth-order valence-corrected chi connectivity index (χ4v) is 3.98. The Morgan fingerprint density at radius 3 is 2.56 bits per heavy atom. The molecular formula is C25H33FN4O4. The predicted octanol–water partition coefficient (Wildman–Crippen LogP) is 2.07. The molecule has 0 unspecified atom stereocenters. The Balaban J connectivity index is 1.94. The van der Waals surface area contributed by atoms with Crippen LogP contribution in [-0.2, 0) is 22.6 Å². The molecule has 9 heteroatoms. The third kappa shape index (κ3) is 5.30. The molecule has 184 valence electrons. The minimum Gasteiger partial charge on any atom is -0.496 e. The van der Waals surface area contributed by atoms with E-state index in [1.807, 2.05) is 20.8 Å². The molecule has 0 fully saturated rings. The first-order valence-corrected chi connectivity index (χ1v) is 11.3. The van der Waals surface area contributed by atoms with Crippen LogP contribution in [0.4, 0.5) is 10.1 Å². The topological polar surface area (TPSA) is 92.7 Å². The summed E-state index contributed by atoms with van der Waals surface area (Å²) in [6.45, 7) is 8.02. The van der Waals surface area contributed by atoms with E-state index >= 15 is 0 Å². The summed E-state index contributed by atoms with van der Waals surface area (Å²) in [5.41, 5.74) is 1.31. The number of hydrogen-bond acceptors (Lipinski definition) is 5. The first-order valence-electron chi connectivity index (χ1n) is 11.3. The molecule has 2 aromatic rings. The van der Waals surface area contributed by atoms with Crippen molar-refractivity contribution in [2.75, 3.05) is 25.6 Å². The average Bonchev–Trinajstić information content (AvgIpc) is 3.19. The number of pyridine rings is 1. The average molecular weight is 473 g/mol. The number of likely N-dealkylation sites (N-methyl/N-ethyl adjacent to an activating group) is 1. The molecule has 1 aliphatic rings. The number of benzene rings is 1. The van der Waals surface area contributed by atoms with Crippen molar-refractivity contribution in [2.45, 2.75) is 52.7 Å². The van der Waals surface area contributed by atoms with Crippen molar-refractivity contribution in [2.24, 2.45) is 5.41 Å². The lowest BCUT2D eigenvalue weighted by Crippen LogP contribution is -2.57. The van der Waals surface area contributed by atoms with Gasteiger partial charge in [-0.1, -0.05) is 26.8 Å². The molecule has 1 aromatic heterocycles. The maximum atomic E-state index is 13.6. The molecule has 2 N–H and O–H groups in total. The zero-order valence-corrected chi connectivity index (χ0v) is 20.6. The molecule has 0 radical (unpaired) electrons. The summed E-state index contributed by atoms with van der Waals surface area (Å²) in [6.07, 6.45) is 2.21. The number of nitrogens with zero attached hydrogens (tertiary/aromatic N) is 2. The van der Waals surface area contributed by atoms with E-state index in [4.69, 9.17) is 4.74 Å². The maximum Gasteiger partial charge on any atom is 0.251 e. The van der Waals surface area contributed by atoms with Crippen molar-refractivity contribution < 1.29 is 18.7 Å². The summed E-state index contributed by atoms with van der Waals surface area (Å²) < 4.78 is 20.3. The normalized spacial score (nSPS) is 15.0. The van der Waals surface area contributed by atoms with Gasteiger partial charge in [-0.05, 0) is 37.4 Å². The van der Waals surface area contributed by atoms with Gasteiger partial charge in [0.1, 0.15) is 17.6 Å². The second-order valence-electron chi connectivity index (χ2n) is 9.66. The van der Waals surface area contributed by atoms with Crippen LogP contribution in [0.25, 0.3) is 0 Å². The molecule has 0 bridgehead atoms. The SMILES string of the molecule is CN[C@@H](C)C(=O)N[C@H](C(=O)N1CCc2cc(=O)n(Cc3ccc(F)cc3OC)cc21)C(C)(C)C. The van der Waals surface area contributed by atoms with Gasteiger partial charge >= 0.3 is 0 Å². The fraction of sp³-hybridized carbons (Fsp3) is 0.480. The Morgan fingerprint density at radius 1 is 1.24 bits per heavy atom. The van der Waals surface area contributed by atoms with E-state index < -0.39 is 23.3 Å². The summed E-state index contributed by atoms with van der Waals surface area (Å²) >= 11 is 0. The largest absolute Gasteiger partial charge is 0.496 e. The number of nitrogens with one attached hydrogen (secondary N) is 2. The molecule has 8 nitrogen and oxygen atoms in total. The van der Waals surface area contributed by atoms with Crippen LogP contribution in [0.3, 0.4) is 0 Å². The molecule has 0 spiro atoms. The first kappa shape index (κ1) is 25.4. The third-order valence-electron chi connectivity index (χ3n) is 6.17. The van der Waals surface area contributed by atoms with Crippen LogP contribution >= 0.6 is 0 Å². The lowest BCUT2D eigenvalue weighted by molar-refractivity contribution is -0.130. The van der Waals surface area contributed by atoms with Crippen molar-refractivity contribution in [3.05, 3.63) is 57.8 Å². The van der Waals surface area contributed by atoms with Gasteiger partial charge in [-0.25, -0.2) is 4.39 Å². The van der Waals surface area contributed by atoms with Crippen molar-refractivity contribution in [1.29, 1.82) is 0 Å². The number of carbonyl (C=O) groups is 2. The van der Waals surface area contributed by atoms with E-state index in [0.29, 0.717) is 30.0 Å². The van der Waals surface area contributed by atoms with E-state index in [9.17, 15) is 18.8 Å². The number of hydrogen-bond donors (Lipinski definition) is 2. The lowest BCUT2D eigenvalue weighted by Gasteiger charge is -2.34. The molecule has 1 aliphatic heterocycles. The van der Waals surface area contributed by atoms with Crippen molar-refractivity contribution in [1.82, 2.24) is 15.2 Å². The van der Waals surface area contributed by atoms with E-state index in [-0.39, 0.29) is 23.9 Å². The minimum absolute atomic E-state index is 0.163. The second kappa shape index (κ2) is 9.97. The lowest BCUT2D eigenvalue weighted by atomic mass is 9.85. The van der Waals surface area contributed by atoms with Gasteiger partial charge in [-0.3, -0.25) is 14.4 Å². The van der Waals surface area contributed by atoms with E-state index in [2.05, 4.69) is 10.6 Å². The number of amides is 2. The number of anilines is 1. The van der Waals surface area contributed by atoms with E-state index in [0.717, 1.165) is 5.56 Å². The smallest absolute Gasteiger partial charge is 0.251 e. The van der Waals surface area contributed by atoms with Gasteiger partial charge in [0.15, 0.2) is 0 Å². The molecular weight excluding hydrogens is 439 g/mol. The first-order chi connectivity index (χ1) is 16.0. The highest BCUT2D eigenvalue weighted by Crippen LogP contribution is 2.31. The zero-order chi connectivity index (χ0) is 25.2. The van der Waals surface area contributed by atoms with Crippen LogP contribution in [0.5, 0.6) is 5.75 Å². The highest BCUT2D eigenvalue weighted by atomic mass is 19.1. The van der Waals surface area contributed by atoms with Crippen LogP contribution in [0.1, 0.15) is 38.8 Å². The quantitative estimate of drug-likeness (QED) is 0.644. The Bertz CT molecular complexity index is 1140. The summed E-state index contributed by atoms with van der Waals surface area (Å²) in [5, 5.41) is 5.77. The van der Waals surface area contributed by atoms with E-state index in [1.165, 1.54) is 29.9 Å². The van der Waals surface area contributed by atoms with Crippen LogP contribution in [0, 0.1) is 11.2 Å². The summed E-state index contributed by atoms with van der Waals surface area (Å²) in [7, 11) is 3.13. The molecule has 2 heterocycles. The molecule has 2 atom stereocenters. The molecule has 1 aromatic carbocycles. The van der Waals surface area contributed by atoms with Gasteiger partial charge < -0.3 is 24.8 Å². The van der Waals surface area contributed by atoms with Crippen LogP contribution < -0.4 is 25.8 Å².